The average Bonchev–Trinajstić information content (AvgIpc) is 3.19. The van der Waals surface area contributed by atoms with Gasteiger partial charge in [-0.2, -0.15) is 0 Å². The SMILES string of the molecule is CN(C(=O)OC(C)(C)C)[C@@H]1[C@@H](O)[C@@H](O[C@@H]2[C@@H](O)[C@H](C3OC(CNCCO[Si](C)(C)C(C)(C)C)=CC[C@H]3NC(=O)OC(C)(C)C)[C@@H](NC(=O)OC(C)(C)C)C[C@H]2NC(=O)C(O)C2CN(C(=O)OC(C)(C)C)C2)OC[C@]1(C)O. The second-order valence-electron chi connectivity index (χ2n) is 26.5. The summed E-state index contributed by atoms with van der Waals surface area (Å²) in [5, 5.41) is 60.2. The van der Waals surface area contributed by atoms with Crippen LogP contribution in [-0.4, -0.2) is 204 Å². The third-order valence-corrected chi connectivity index (χ3v) is 18.3. The van der Waals surface area contributed by atoms with E-state index in [2.05, 4.69) is 55.1 Å². The van der Waals surface area contributed by atoms with Crippen LogP contribution in [0.3, 0.4) is 0 Å². The van der Waals surface area contributed by atoms with Crippen molar-refractivity contribution in [3.8, 4) is 0 Å². The molecule has 0 aromatic rings. The molecule has 3 aliphatic heterocycles. The number of aliphatic hydroxyl groups excluding tert-OH is 3. The van der Waals surface area contributed by atoms with Crippen molar-refractivity contribution in [2.24, 2.45) is 11.8 Å². The number of ether oxygens (including phenoxy) is 7. The maximum atomic E-state index is 14.2. The Kier molecular flexibility index (Phi) is 20.8. The Morgan fingerprint density at radius 1 is 0.803 bits per heavy atom. The molecule has 1 aliphatic carbocycles. The second kappa shape index (κ2) is 24.6. The number of hydrogen-bond acceptors (Lipinski definition) is 18. The summed E-state index contributed by atoms with van der Waals surface area (Å²) in [6.45, 7) is 33.0. The van der Waals surface area contributed by atoms with Gasteiger partial charge >= 0.3 is 24.4 Å². The van der Waals surface area contributed by atoms with Crippen LogP contribution in [0, 0.1) is 11.8 Å². The van der Waals surface area contributed by atoms with Crippen molar-refractivity contribution >= 4 is 38.6 Å². The minimum absolute atomic E-state index is 0.000172. The first-order valence-corrected chi connectivity index (χ1v) is 29.4. The van der Waals surface area contributed by atoms with Crippen molar-refractivity contribution in [2.75, 3.05) is 46.4 Å². The van der Waals surface area contributed by atoms with Crippen molar-refractivity contribution in [2.45, 2.75) is 231 Å². The first kappa shape index (κ1) is 64.5. The van der Waals surface area contributed by atoms with E-state index in [0.717, 1.165) is 4.90 Å². The molecule has 0 radical (unpaired) electrons. The zero-order valence-corrected chi connectivity index (χ0v) is 49.7. The minimum Gasteiger partial charge on any atom is -0.491 e. The van der Waals surface area contributed by atoms with E-state index in [0.29, 0.717) is 18.9 Å². The summed E-state index contributed by atoms with van der Waals surface area (Å²) in [4.78, 5) is 70.3. The average molecular weight is 1100 g/mol. The fourth-order valence-electron chi connectivity index (χ4n) is 9.17. The van der Waals surface area contributed by atoms with Crippen LogP contribution in [0.1, 0.15) is 124 Å². The fourth-order valence-corrected chi connectivity index (χ4v) is 10.2. The molecule has 0 aromatic heterocycles. The summed E-state index contributed by atoms with van der Waals surface area (Å²) >= 11 is 0. The van der Waals surface area contributed by atoms with E-state index in [9.17, 15) is 44.4 Å². The minimum atomic E-state index is -2.05. The first-order valence-electron chi connectivity index (χ1n) is 26.5. The Hall–Kier alpha value is -4.01. The molecule has 23 nitrogen and oxygen atoms in total. The van der Waals surface area contributed by atoms with Crippen LogP contribution >= 0.6 is 0 Å². The molecule has 2 saturated heterocycles. The maximum Gasteiger partial charge on any atom is 0.410 e. The van der Waals surface area contributed by atoms with Gasteiger partial charge in [-0.3, -0.25) is 4.79 Å². The second-order valence-corrected chi connectivity index (χ2v) is 31.3. The van der Waals surface area contributed by atoms with Gasteiger partial charge in [0.1, 0.15) is 58.2 Å². The normalized spacial score (nSPS) is 29.4. The number of likely N-dealkylation sites (N-methyl/N-ethyl adjacent to an activating group) is 1. The first-order chi connectivity index (χ1) is 34.5. The van der Waals surface area contributed by atoms with Crippen LogP contribution < -0.4 is 21.3 Å². The molecule has 4 rings (SSSR count). The Bertz CT molecular complexity index is 2040. The number of carbonyl (C=O) groups excluding carboxylic acids is 5. The molecule has 3 fully saturated rings. The molecule has 0 spiro atoms. The maximum absolute atomic E-state index is 14.2. The topological polar surface area (TPSA) is 295 Å². The number of aliphatic hydroxyl groups is 4. The largest absolute Gasteiger partial charge is 0.491 e. The molecule has 2 unspecified atom stereocenters. The molecular formula is C52H94N6O17Si. The number of carbonyl (C=O) groups is 5. The summed E-state index contributed by atoms with van der Waals surface area (Å²) in [5.41, 5.74) is -5.47. The van der Waals surface area contributed by atoms with E-state index < -0.39 is 146 Å². The molecular weight excluding hydrogens is 1010 g/mol. The third kappa shape index (κ3) is 18.3. The van der Waals surface area contributed by atoms with Crippen LogP contribution in [-0.2, 0) is 42.4 Å². The fraction of sp³-hybridized carbons (Fsp3) is 0.865. The van der Waals surface area contributed by atoms with E-state index in [-0.39, 0.29) is 37.5 Å². The number of amides is 5. The van der Waals surface area contributed by atoms with Gasteiger partial charge in [-0.15, -0.1) is 0 Å². The van der Waals surface area contributed by atoms with Gasteiger partial charge in [0, 0.05) is 51.2 Å². The predicted octanol–water partition coefficient (Wildman–Crippen LogP) is 4.24. The summed E-state index contributed by atoms with van der Waals surface area (Å²) in [5.74, 6) is -2.40. The highest BCUT2D eigenvalue weighted by molar-refractivity contribution is 6.74. The molecule has 76 heavy (non-hydrogen) atoms. The number of nitrogens with one attached hydrogen (secondary N) is 4. The summed E-state index contributed by atoms with van der Waals surface area (Å²) in [7, 11) is -0.716. The molecule has 5 amide bonds. The van der Waals surface area contributed by atoms with Crippen molar-refractivity contribution in [3.63, 3.8) is 0 Å². The van der Waals surface area contributed by atoms with Crippen LogP contribution in [0.5, 0.6) is 0 Å². The van der Waals surface area contributed by atoms with Crippen molar-refractivity contribution < 1.29 is 82.0 Å². The lowest BCUT2D eigenvalue weighted by molar-refractivity contribution is -0.306. The molecule has 3 heterocycles. The molecule has 12 atom stereocenters. The zero-order valence-electron chi connectivity index (χ0n) is 48.7. The van der Waals surface area contributed by atoms with E-state index >= 15 is 0 Å². The van der Waals surface area contributed by atoms with Gasteiger partial charge in [0.15, 0.2) is 14.6 Å². The Morgan fingerprint density at radius 2 is 1.34 bits per heavy atom. The quantitative estimate of drug-likeness (QED) is 0.0646. The molecule has 24 heteroatoms. The van der Waals surface area contributed by atoms with E-state index in [1.54, 1.807) is 89.2 Å². The molecule has 8 N–H and O–H groups in total. The van der Waals surface area contributed by atoms with Crippen molar-refractivity contribution in [1.82, 2.24) is 31.1 Å². The smallest absolute Gasteiger partial charge is 0.410 e. The summed E-state index contributed by atoms with van der Waals surface area (Å²) in [6.07, 6.45) is -11.1. The highest BCUT2D eigenvalue weighted by atomic mass is 28.4. The number of rotatable bonds is 15. The number of hydrogen-bond donors (Lipinski definition) is 8. The van der Waals surface area contributed by atoms with Crippen LogP contribution in [0.15, 0.2) is 11.8 Å². The van der Waals surface area contributed by atoms with Gasteiger partial charge in [0.2, 0.25) is 5.91 Å². The molecule has 0 bridgehead atoms. The summed E-state index contributed by atoms with van der Waals surface area (Å²) < 4.78 is 48.1. The molecule has 1 saturated carbocycles. The van der Waals surface area contributed by atoms with Gasteiger partial charge in [-0.25, -0.2) is 19.2 Å². The van der Waals surface area contributed by atoms with Gasteiger partial charge in [0.05, 0.1) is 37.4 Å². The monoisotopic (exact) mass is 1100 g/mol. The van der Waals surface area contributed by atoms with Gasteiger partial charge < -0.3 is 89.1 Å². The van der Waals surface area contributed by atoms with Crippen LogP contribution in [0.4, 0.5) is 19.2 Å². The summed E-state index contributed by atoms with van der Waals surface area (Å²) in [6, 6.07) is -4.76. The lowest BCUT2D eigenvalue weighted by atomic mass is 9.72. The number of nitrogens with zero attached hydrogens (tertiary/aromatic N) is 2. The Labute approximate surface area is 451 Å². The van der Waals surface area contributed by atoms with Crippen LogP contribution in [0.2, 0.25) is 18.1 Å². The molecule has 0 aromatic carbocycles. The van der Waals surface area contributed by atoms with Crippen molar-refractivity contribution in [1.29, 1.82) is 0 Å². The predicted molar refractivity (Wildman–Crippen MR) is 282 cm³/mol. The van der Waals surface area contributed by atoms with E-state index in [1.165, 1.54) is 18.9 Å². The standard InChI is InChI=1S/C52H94N6O17Si/c1-47(2,3)72-43(63)55-31-21-20-30(25-53-22-23-69-76(18,19)51(13,14)15)70-38(31)34-32(56-44(64)73-48(4,5)6)24-33(54-41(62)35(59)29-26-58(27-29)46(66)75-50(10,11)12)39(36(34)60)71-42-37(61)40(52(16,67)28-68-42)57(17)45(65)74-49(7,8)9/h20,29,31-40,42,53,59-61,67H,21-28H2,1-19H3,(H,54,62)(H,55,63)(H,56,64)/t31-,32+,33-,34-,35?,36+,37-,38?,39+,40-,42-,52+/m1/s1. The molecule has 438 valence electrons. The van der Waals surface area contributed by atoms with Gasteiger partial charge in [-0.05, 0) is 127 Å². The Morgan fingerprint density at radius 3 is 1.87 bits per heavy atom. The van der Waals surface area contributed by atoms with E-state index in [4.69, 9.17) is 37.6 Å². The van der Waals surface area contributed by atoms with Gasteiger partial charge in [0.25, 0.3) is 0 Å². The highest BCUT2D eigenvalue weighted by Crippen LogP contribution is 2.40. The lowest BCUT2D eigenvalue weighted by Gasteiger charge is -2.52. The molecule has 4 aliphatic rings. The van der Waals surface area contributed by atoms with E-state index in [1.807, 2.05) is 0 Å². The number of alkyl carbamates (subject to hydrolysis) is 2. The highest BCUT2D eigenvalue weighted by Gasteiger charge is 2.57. The Balaban J connectivity index is 1.79. The van der Waals surface area contributed by atoms with Gasteiger partial charge in [-0.1, -0.05) is 20.8 Å². The van der Waals surface area contributed by atoms with Crippen molar-refractivity contribution in [3.05, 3.63) is 11.8 Å². The lowest BCUT2D eigenvalue weighted by Crippen LogP contribution is -2.71. The third-order valence-electron chi connectivity index (χ3n) is 13.8. The zero-order chi connectivity index (χ0) is 57.9. The number of likely N-dealkylation sites (tertiary alicyclic amines) is 1. The van der Waals surface area contributed by atoms with Crippen LogP contribution in [0.25, 0.3) is 0 Å².